The molecule has 0 bridgehead atoms. The molecule has 16 heavy (non-hydrogen) atoms. The zero-order valence-corrected chi connectivity index (χ0v) is 10.9. The summed E-state index contributed by atoms with van der Waals surface area (Å²) < 4.78 is 1.02. The third kappa shape index (κ3) is 1.94. The fourth-order valence-corrected chi connectivity index (χ4v) is 2.75. The number of para-hydroxylation sites is 1. The summed E-state index contributed by atoms with van der Waals surface area (Å²) in [6.45, 7) is 2.15. The Labute approximate surface area is 105 Å². The highest BCUT2D eigenvalue weighted by atomic mass is 79.9. The van der Waals surface area contributed by atoms with E-state index in [1.807, 2.05) is 24.3 Å². The molecule has 1 fully saturated rings. The minimum atomic E-state index is -0.385. The molecule has 1 aromatic carbocycles. The second-order valence-electron chi connectivity index (χ2n) is 4.48. The van der Waals surface area contributed by atoms with Gasteiger partial charge in [0.15, 0.2) is 0 Å². The number of hydrogen-bond acceptors (Lipinski definition) is 2. The van der Waals surface area contributed by atoms with Crippen molar-refractivity contribution in [3.8, 4) is 6.07 Å². The number of nitriles is 1. The van der Waals surface area contributed by atoms with Crippen molar-refractivity contribution < 1.29 is 0 Å². The van der Waals surface area contributed by atoms with Gasteiger partial charge >= 0.3 is 0 Å². The predicted octanol–water partition coefficient (Wildman–Crippen LogP) is 3.94. The van der Waals surface area contributed by atoms with Gasteiger partial charge in [-0.15, -0.1) is 0 Å². The Balaban J connectivity index is 2.27. The van der Waals surface area contributed by atoms with Crippen LogP contribution in [-0.4, -0.2) is 5.54 Å². The van der Waals surface area contributed by atoms with Gasteiger partial charge in [-0.25, -0.2) is 0 Å². The van der Waals surface area contributed by atoms with Crippen LogP contribution in [0.15, 0.2) is 28.7 Å². The maximum Gasteiger partial charge on any atom is 0.128 e. The van der Waals surface area contributed by atoms with E-state index in [1.165, 1.54) is 0 Å². The molecule has 84 valence electrons. The highest BCUT2D eigenvalue weighted by Gasteiger charge is 2.40. The first kappa shape index (κ1) is 11.5. The Morgan fingerprint density at radius 2 is 2.25 bits per heavy atom. The normalized spacial score (nSPS) is 28.7. The average molecular weight is 279 g/mol. The molecule has 2 nitrogen and oxygen atoms in total. The Kier molecular flexibility index (Phi) is 3.20. The van der Waals surface area contributed by atoms with Crippen molar-refractivity contribution >= 4 is 21.6 Å². The SMILES string of the molecule is CC1CCCC1(C#N)Nc1ccccc1Br. The van der Waals surface area contributed by atoms with E-state index >= 15 is 0 Å². The van der Waals surface area contributed by atoms with Crippen molar-refractivity contribution in [2.75, 3.05) is 5.32 Å². The van der Waals surface area contributed by atoms with Gasteiger partial charge < -0.3 is 5.32 Å². The van der Waals surface area contributed by atoms with E-state index in [9.17, 15) is 5.26 Å². The number of benzene rings is 1. The van der Waals surface area contributed by atoms with Gasteiger partial charge in [-0.05, 0) is 53.2 Å². The van der Waals surface area contributed by atoms with E-state index < -0.39 is 0 Å². The lowest BCUT2D eigenvalue weighted by Gasteiger charge is -2.29. The highest BCUT2D eigenvalue weighted by Crippen LogP contribution is 2.39. The van der Waals surface area contributed by atoms with Crippen LogP contribution in [0.25, 0.3) is 0 Å². The van der Waals surface area contributed by atoms with Crippen molar-refractivity contribution in [1.82, 2.24) is 0 Å². The van der Waals surface area contributed by atoms with Crippen LogP contribution in [0, 0.1) is 17.2 Å². The molecule has 0 spiro atoms. The van der Waals surface area contributed by atoms with E-state index in [0.717, 1.165) is 29.4 Å². The van der Waals surface area contributed by atoms with Crippen LogP contribution in [0.2, 0.25) is 0 Å². The molecule has 0 amide bonds. The Bertz CT molecular complexity index is 424. The fourth-order valence-electron chi connectivity index (χ4n) is 2.36. The summed E-state index contributed by atoms with van der Waals surface area (Å²) >= 11 is 3.50. The fraction of sp³-hybridized carbons (Fsp3) is 0.462. The van der Waals surface area contributed by atoms with Crippen molar-refractivity contribution in [2.45, 2.75) is 31.7 Å². The molecule has 0 aromatic heterocycles. The molecule has 0 aliphatic heterocycles. The Morgan fingerprint density at radius 1 is 1.50 bits per heavy atom. The Hall–Kier alpha value is -1.01. The summed E-state index contributed by atoms with van der Waals surface area (Å²) in [5.41, 5.74) is 0.627. The molecule has 0 saturated heterocycles. The third-order valence-corrected chi connectivity index (χ3v) is 4.17. The lowest BCUT2D eigenvalue weighted by Crippen LogP contribution is -2.39. The summed E-state index contributed by atoms with van der Waals surface area (Å²) in [7, 11) is 0. The standard InChI is InChI=1S/C13H15BrN2/c1-10-5-4-8-13(10,9-15)16-12-7-3-2-6-11(12)14/h2-3,6-7,10,16H,4-5,8H2,1H3. The molecular weight excluding hydrogens is 264 g/mol. The van der Waals surface area contributed by atoms with Crippen molar-refractivity contribution in [3.05, 3.63) is 28.7 Å². The minimum Gasteiger partial charge on any atom is -0.366 e. The first-order chi connectivity index (χ1) is 7.68. The number of nitrogens with zero attached hydrogens (tertiary/aromatic N) is 1. The summed E-state index contributed by atoms with van der Waals surface area (Å²) in [4.78, 5) is 0. The number of halogens is 1. The maximum absolute atomic E-state index is 9.41. The monoisotopic (exact) mass is 278 g/mol. The summed E-state index contributed by atoms with van der Waals surface area (Å²) in [5, 5.41) is 12.8. The lowest BCUT2D eigenvalue weighted by atomic mass is 9.89. The van der Waals surface area contributed by atoms with E-state index in [1.54, 1.807) is 0 Å². The first-order valence-electron chi connectivity index (χ1n) is 5.62. The Morgan fingerprint density at radius 3 is 2.81 bits per heavy atom. The van der Waals surface area contributed by atoms with Gasteiger partial charge in [0.2, 0.25) is 0 Å². The van der Waals surface area contributed by atoms with Crippen LogP contribution in [0.5, 0.6) is 0 Å². The first-order valence-corrected chi connectivity index (χ1v) is 6.41. The van der Waals surface area contributed by atoms with Crippen LogP contribution in [0.4, 0.5) is 5.69 Å². The summed E-state index contributed by atoms with van der Waals surface area (Å²) in [5.74, 6) is 0.407. The van der Waals surface area contributed by atoms with E-state index in [0.29, 0.717) is 5.92 Å². The molecule has 2 rings (SSSR count). The van der Waals surface area contributed by atoms with Gasteiger partial charge in [0.05, 0.1) is 6.07 Å². The predicted molar refractivity (Wildman–Crippen MR) is 69.1 cm³/mol. The smallest absolute Gasteiger partial charge is 0.128 e. The quantitative estimate of drug-likeness (QED) is 0.889. The number of rotatable bonds is 2. The van der Waals surface area contributed by atoms with Crippen molar-refractivity contribution in [2.24, 2.45) is 5.92 Å². The van der Waals surface area contributed by atoms with Gasteiger partial charge in [0, 0.05) is 10.2 Å². The largest absolute Gasteiger partial charge is 0.366 e. The average Bonchev–Trinajstić information content (AvgIpc) is 2.64. The second-order valence-corrected chi connectivity index (χ2v) is 5.34. The topological polar surface area (TPSA) is 35.8 Å². The van der Waals surface area contributed by atoms with Gasteiger partial charge in [-0.3, -0.25) is 0 Å². The van der Waals surface area contributed by atoms with Crippen LogP contribution in [0.3, 0.4) is 0 Å². The lowest BCUT2D eigenvalue weighted by molar-refractivity contribution is 0.464. The van der Waals surface area contributed by atoms with Gasteiger partial charge in [-0.1, -0.05) is 19.1 Å². The minimum absolute atomic E-state index is 0.385. The second kappa shape index (κ2) is 4.47. The molecule has 2 atom stereocenters. The number of hydrogen-bond donors (Lipinski definition) is 1. The number of nitrogens with one attached hydrogen (secondary N) is 1. The molecule has 0 heterocycles. The summed E-state index contributed by atoms with van der Waals surface area (Å²) in [6, 6.07) is 10.4. The molecule has 1 aliphatic carbocycles. The van der Waals surface area contributed by atoms with Crippen molar-refractivity contribution in [1.29, 1.82) is 5.26 Å². The molecule has 3 heteroatoms. The van der Waals surface area contributed by atoms with Crippen LogP contribution in [0.1, 0.15) is 26.2 Å². The van der Waals surface area contributed by atoms with Crippen molar-refractivity contribution in [3.63, 3.8) is 0 Å². The van der Waals surface area contributed by atoms with E-state index in [4.69, 9.17) is 0 Å². The zero-order valence-electron chi connectivity index (χ0n) is 9.33. The highest BCUT2D eigenvalue weighted by molar-refractivity contribution is 9.10. The zero-order chi connectivity index (χ0) is 11.6. The molecule has 1 aromatic rings. The van der Waals surface area contributed by atoms with Crippen LogP contribution < -0.4 is 5.32 Å². The third-order valence-electron chi connectivity index (χ3n) is 3.48. The van der Waals surface area contributed by atoms with E-state index in [2.05, 4.69) is 34.2 Å². The molecule has 0 radical (unpaired) electrons. The van der Waals surface area contributed by atoms with Gasteiger partial charge in [0.25, 0.3) is 0 Å². The van der Waals surface area contributed by atoms with Gasteiger partial charge in [-0.2, -0.15) is 5.26 Å². The van der Waals surface area contributed by atoms with Gasteiger partial charge in [0.1, 0.15) is 5.54 Å². The van der Waals surface area contributed by atoms with Crippen LogP contribution >= 0.6 is 15.9 Å². The molecule has 2 unspecified atom stereocenters. The number of anilines is 1. The molecular formula is C13H15BrN2. The molecule has 1 aliphatic rings. The maximum atomic E-state index is 9.41. The molecule has 1 saturated carbocycles. The summed E-state index contributed by atoms with van der Waals surface area (Å²) in [6.07, 6.45) is 3.20. The van der Waals surface area contributed by atoms with E-state index in [-0.39, 0.29) is 5.54 Å². The van der Waals surface area contributed by atoms with Crippen LogP contribution in [-0.2, 0) is 0 Å². The molecule has 1 N–H and O–H groups in total.